The highest BCUT2D eigenvalue weighted by Crippen LogP contribution is 2.07. The molecule has 0 aliphatic heterocycles. The average molecular weight is 207 g/mol. The van der Waals surface area contributed by atoms with Crippen LogP contribution in [0.2, 0.25) is 0 Å². The Kier molecular flexibility index (Phi) is 4.81. The maximum atomic E-state index is 11.2. The zero-order valence-corrected chi connectivity index (χ0v) is 9.11. The molecule has 0 aromatic carbocycles. The van der Waals surface area contributed by atoms with E-state index >= 15 is 0 Å². The molecule has 0 saturated heterocycles. The maximum absolute atomic E-state index is 11.2. The highest BCUT2D eigenvalue weighted by Gasteiger charge is 2.08. The van der Waals surface area contributed by atoms with Crippen molar-refractivity contribution in [2.75, 3.05) is 0 Å². The average Bonchev–Trinajstić information content (AvgIpc) is 2.71. The molecule has 0 fully saturated rings. The molecule has 15 heavy (non-hydrogen) atoms. The fourth-order valence-electron chi connectivity index (χ4n) is 1.60. The lowest BCUT2D eigenvalue weighted by molar-refractivity contribution is -0.104. The number of carbonyl (C=O) groups is 2. The predicted molar refractivity (Wildman–Crippen MR) is 59.0 cm³/mol. The van der Waals surface area contributed by atoms with Crippen LogP contribution in [-0.2, 0) is 11.3 Å². The van der Waals surface area contributed by atoms with Gasteiger partial charge in [0.15, 0.2) is 6.29 Å². The lowest BCUT2D eigenvalue weighted by atomic mass is 10.2. The first kappa shape index (κ1) is 11.7. The summed E-state index contributed by atoms with van der Waals surface area (Å²) in [5.74, 6) is -0.435. The first-order chi connectivity index (χ1) is 7.29. The second-order valence-corrected chi connectivity index (χ2v) is 3.63. The molecule has 0 aliphatic carbocycles. The summed E-state index contributed by atoms with van der Waals surface area (Å²) in [5.41, 5.74) is 0.501. The minimum Gasteiger partial charge on any atom is -0.345 e. The van der Waals surface area contributed by atoms with Crippen LogP contribution in [0.4, 0.5) is 0 Å². The van der Waals surface area contributed by atoms with E-state index in [1.807, 2.05) is 10.8 Å². The SMILES string of the molecule is CCCCCCn1cccc1C(=O)C=O. The van der Waals surface area contributed by atoms with Gasteiger partial charge in [-0.05, 0) is 18.6 Å². The van der Waals surface area contributed by atoms with E-state index in [0.717, 1.165) is 13.0 Å². The van der Waals surface area contributed by atoms with E-state index in [9.17, 15) is 9.59 Å². The van der Waals surface area contributed by atoms with Crippen LogP contribution in [-0.4, -0.2) is 16.6 Å². The van der Waals surface area contributed by atoms with Gasteiger partial charge in [-0.2, -0.15) is 0 Å². The molecule has 1 aromatic heterocycles. The van der Waals surface area contributed by atoms with Crippen LogP contribution in [0.5, 0.6) is 0 Å². The number of hydrogen-bond donors (Lipinski definition) is 0. The number of aromatic nitrogens is 1. The van der Waals surface area contributed by atoms with Crippen molar-refractivity contribution in [3.8, 4) is 0 Å². The normalized spacial score (nSPS) is 10.2. The van der Waals surface area contributed by atoms with Gasteiger partial charge < -0.3 is 4.57 Å². The fraction of sp³-hybridized carbons (Fsp3) is 0.500. The largest absolute Gasteiger partial charge is 0.345 e. The number of ketones is 1. The Morgan fingerprint density at radius 1 is 1.40 bits per heavy atom. The molecule has 0 radical (unpaired) electrons. The van der Waals surface area contributed by atoms with Gasteiger partial charge in [-0.3, -0.25) is 9.59 Å². The molecular weight excluding hydrogens is 190 g/mol. The summed E-state index contributed by atoms with van der Waals surface area (Å²) in [7, 11) is 0. The standard InChI is InChI=1S/C12H17NO2/c1-2-3-4-5-8-13-9-6-7-11(13)12(15)10-14/h6-7,9-10H,2-5,8H2,1H3. The molecule has 3 heteroatoms. The Morgan fingerprint density at radius 3 is 2.87 bits per heavy atom. The lowest BCUT2D eigenvalue weighted by Gasteiger charge is -2.05. The van der Waals surface area contributed by atoms with Gasteiger partial charge in [0.1, 0.15) is 0 Å². The lowest BCUT2D eigenvalue weighted by Crippen LogP contribution is -2.09. The molecule has 0 amide bonds. The summed E-state index contributed by atoms with van der Waals surface area (Å²) in [6.07, 6.45) is 6.87. The van der Waals surface area contributed by atoms with E-state index in [4.69, 9.17) is 0 Å². The number of aldehydes is 1. The molecule has 0 bridgehead atoms. The summed E-state index contributed by atoms with van der Waals surface area (Å²) < 4.78 is 1.85. The van der Waals surface area contributed by atoms with E-state index < -0.39 is 5.78 Å². The summed E-state index contributed by atoms with van der Waals surface area (Å²) in [6, 6.07) is 3.49. The van der Waals surface area contributed by atoms with Gasteiger partial charge in [-0.25, -0.2) is 0 Å². The summed E-state index contributed by atoms with van der Waals surface area (Å²) in [5, 5.41) is 0. The fourth-order valence-corrected chi connectivity index (χ4v) is 1.60. The Morgan fingerprint density at radius 2 is 2.20 bits per heavy atom. The molecule has 0 saturated carbocycles. The second-order valence-electron chi connectivity index (χ2n) is 3.63. The minimum absolute atomic E-state index is 0.373. The third kappa shape index (κ3) is 3.35. The second kappa shape index (κ2) is 6.17. The monoisotopic (exact) mass is 207 g/mol. The third-order valence-corrected chi connectivity index (χ3v) is 2.44. The van der Waals surface area contributed by atoms with Crippen molar-refractivity contribution in [1.29, 1.82) is 0 Å². The molecule has 0 atom stereocenters. The number of carbonyl (C=O) groups excluding carboxylic acids is 2. The molecule has 82 valence electrons. The van der Waals surface area contributed by atoms with Crippen LogP contribution in [0, 0.1) is 0 Å². The first-order valence-electron chi connectivity index (χ1n) is 5.44. The van der Waals surface area contributed by atoms with Crippen molar-refractivity contribution in [3.05, 3.63) is 24.0 Å². The summed E-state index contributed by atoms with van der Waals surface area (Å²) in [4.78, 5) is 21.6. The van der Waals surface area contributed by atoms with Gasteiger partial charge in [0.05, 0.1) is 5.69 Å². The third-order valence-electron chi connectivity index (χ3n) is 2.44. The minimum atomic E-state index is -0.435. The van der Waals surface area contributed by atoms with Gasteiger partial charge in [-0.15, -0.1) is 0 Å². The number of Topliss-reactive ketones (excluding diaryl/α,β-unsaturated/α-hetero) is 1. The summed E-state index contributed by atoms with van der Waals surface area (Å²) in [6.45, 7) is 2.99. The van der Waals surface area contributed by atoms with Crippen LogP contribution in [0.25, 0.3) is 0 Å². The van der Waals surface area contributed by atoms with E-state index in [1.165, 1.54) is 19.3 Å². The van der Waals surface area contributed by atoms with Crippen LogP contribution in [0.1, 0.15) is 43.1 Å². The van der Waals surface area contributed by atoms with Crippen molar-refractivity contribution < 1.29 is 9.59 Å². The highest BCUT2D eigenvalue weighted by molar-refractivity contribution is 6.32. The van der Waals surface area contributed by atoms with Gasteiger partial charge in [-0.1, -0.05) is 26.2 Å². The van der Waals surface area contributed by atoms with Crippen LogP contribution >= 0.6 is 0 Å². The topological polar surface area (TPSA) is 39.1 Å². The van der Waals surface area contributed by atoms with Crippen molar-refractivity contribution in [2.45, 2.75) is 39.2 Å². The first-order valence-corrected chi connectivity index (χ1v) is 5.44. The van der Waals surface area contributed by atoms with E-state index in [-0.39, 0.29) is 0 Å². The Balaban J connectivity index is 2.50. The molecule has 3 nitrogen and oxygen atoms in total. The number of rotatable bonds is 7. The molecule has 1 aromatic rings. The zero-order chi connectivity index (χ0) is 11.1. The van der Waals surface area contributed by atoms with Crippen LogP contribution in [0.3, 0.4) is 0 Å². The molecule has 1 rings (SSSR count). The summed E-state index contributed by atoms with van der Waals surface area (Å²) >= 11 is 0. The number of nitrogens with zero attached hydrogens (tertiary/aromatic N) is 1. The van der Waals surface area contributed by atoms with E-state index in [2.05, 4.69) is 6.92 Å². The van der Waals surface area contributed by atoms with Gasteiger partial charge >= 0.3 is 0 Å². The van der Waals surface area contributed by atoms with Gasteiger partial charge in [0, 0.05) is 12.7 Å². The van der Waals surface area contributed by atoms with Gasteiger partial charge in [0.2, 0.25) is 5.78 Å². The van der Waals surface area contributed by atoms with Crippen molar-refractivity contribution in [2.24, 2.45) is 0 Å². The number of aryl methyl sites for hydroxylation is 1. The quantitative estimate of drug-likeness (QED) is 0.298. The molecule has 0 spiro atoms. The predicted octanol–water partition coefficient (Wildman–Crippen LogP) is 2.45. The van der Waals surface area contributed by atoms with Crippen LogP contribution < -0.4 is 0 Å². The zero-order valence-electron chi connectivity index (χ0n) is 9.11. The highest BCUT2D eigenvalue weighted by atomic mass is 16.2. The maximum Gasteiger partial charge on any atom is 0.241 e. The smallest absolute Gasteiger partial charge is 0.241 e. The van der Waals surface area contributed by atoms with E-state index in [1.54, 1.807) is 12.1 Å². The van der Waals surface area contributed by atoms with Crippen molar-refractivity contribution in [1.82, 2.24) is 4.57 Å². The van der Waals surface area contributed by atoms with Gasteiger partial charge in [0.25, 0.3) is 0 Å². The Labute approximate surface area is 90.1 Å². The molecule has 0 unspecified atom stereocenters. The molecular formula is C12H17NO2. The van der Waals surface area contributed by atoms with Crippen molar-refractivity contribution >= 4 is 12.1 Å². The Hall–Kier alpha value is -1.38. The molecule has 1 heterocycles. The Bertz CT molecular complexity index is 328. The van der Waals surface area contributed by atoms with Crippen LogP contribution in [0.15, 0.2) is 18.3 Å². The number of hydrogen-bond acceptors (Lipinski definition) is 2. The van der Waals surface area contributed by atoms with E-state index in [0.29, 0.717) is 12.0 Å². The molecule has 0 aliphatic rings. The van der Waals surface area contributed by atoms with Crippen molar-refractivity contribution in [3.63, 3.8) is 0 Å². The molecule has 0 N–H and O–H groups in total. The number of unbranched alkanes of at least 4 members (excludes halogenated alkanes) is 3.